The quantitative estimate of drug-likeness (QED) is 0.138. The predicted octanol–water partition coefficient (Wildman–Crippen LogP) is 9.70. The van der Waals surface area contributed by atoms with E-state index in [9.17, 15) is 9.90 Å². The monoisotopic (exact) mass is 694 g/mol. The van der Waals surface area contributed by atoms with E-state index >= 15 is 0 Å². The molecule has 1 aromatic heterocycles. The summed E-state index contributed by atoms with van der Waals surface area (Å²) in [6.07, 6.45) is 5.13. The Morgan fingerprint density at radius 3 is 2.24 bits per heavy atom. The van der Waals surface area contributed by atoms with Crippen molar-refractivity contribution in [1.82, 2.24) is 4.98 Å². The number of fused-ring (bicyclic) bond motifs is 1. The number of allylic oxidation sites excluding steroid dienone is 2. The normalized spacial score (nSPS) is 12.2. The van der Waals surface area contributed by atoms with Crippen molar-refractivity contribution >= 4 is 16.6 Å². The number of ketones is 1. The minimum absolute atomic E-state index is 0. The van der Waals surface area contributed by atoms with Gasteiger partial charge in [0.05, 0.1) is 7.13 Å². The van der Waals surface area contributed by atoms with Crippen molar-refractivity contribution in [2.75, 3.05) is 0 Å². The van der Waals surface area contributed by atoms with Crippen molar-refractivity contribution in [2.24, 2.45) is 11.3 Å². The van der Waals surface area contributed by atoms with Crippen LogP contribution in [0.2, 0.25) is 0 Å². The van der Waals surface area contributed by atoms with Crippen LogP contribution in [0, 0.1) is 31.2 Å². The number of aromatic nitrogens is 1. The molecule has 3 aromatic rings. The summed E-state index contributed by atoms with van der Waals surface area (Å²) in [6.45, 7) is 18.5. The molecular formula is C34H46IrNO2-. The molecule has 0 atom stereocenters. The summed E-state index contributed by atoms with van der Waals surface area (Å²) in [6, 6.07) is 15.9. The van der Waals surface area contributed by atoms with Crippen LogP contribution in [-0.4, -0.2) is 15.9 Å². The summed E-state index contributed by atoms with van der Waals surface area (Å²) >= 11 is 0. The van der Waals surface area contributed by atoms with Crippen LogP contribution in [-0.2, 0) is 24.9 Å². The Morgan fingerprint density at radius 2 is 1.71 bits per heavy atom. The standard InChI is InChI=1S/C20H20N.C14H26O2.Ir/c1-13(2)16-5-6-19-17(12-16)7-8-21-20(19)18-10-14(3)9-15(4)11-18;1-6-11(7-2)12(15)10-13(16)14(5,8-3)9-4;/h5-10,12-13H,1-4H3;10-11,15H,6-9H2,1-5H3;/q-1;;/b;12-10-;/i8D;;. The second kappa shape index (κ2) is 15.3. The number of hydrogen-bond donors (Lipinski definition) is 1. The minimum atomic E-state index is -0.319. The Morgan fingerprint density at radius 1 is 1.08 bits per heavy atom. The van der Waals surface area contributed by atoms with Gasteiger partial charge in [0.2, 0.25) is 0 Å². The maximum absolute atomic E-state index is 12.0. The van der Waals surface area contributed by atoms with Gasteiger partial charge in [0.25, 0.3) is 0 Å². The van der Waals surface area contributed by atoms with Crippen LogP contribution >= 0.6 is 0 Å². The molecule has 0 bridgehead atoms. The van der Waals surface area contributed by atoms with Crippen LogP contribution < -0.4 is 0 Å². The van der Waals surface area contributed by atoms with E-state index in [0.717, 1.165) is 53.3 Å². The molecule has 0 unspecified atom stereocenters. The smallest absolute Gasteiger partial charge is 0.164 e. The SMILES string of the molecule is CCC(CC)/C(O)=C/C(=O)C(C)(CC)CC.[2H]c1cc2cc(C(C)C)ccc2c(-c2[c-]c(C)cc(C)c2)n1.[Ir]. The molecule has 0 spiro atoms. The van der Waals surface area contributed by atoms with E-state index < -0.39 is 0 Å². The second-order valence-corrected chi connectivity index (χ2v) is 10.7. The fourth-order valence-electron chi connectivity index (χ4n) is 4.46. The number of hydrogen-bond acceptors (Lipinski definition) is 3. The first-order chi connectivity index (χ1) is 17.9. The van der Waals surface area contributed by atoms with Gasteiger partial charge in [0, 0.05) is 43.7 Å². The van der Waals surface area contributed by atoms with Gasteiger partial charge in [-0.2, -0.15) is 0 Å². The Balaban J connectivity index is 0.000000402. The summed E-state index contributed by atoms with van der Waals surface area (Å²) in [7, 11) is 0. The van der Waals surface area contributed by atoms with Gasteiger partial charge in [-0.3, -0.25) is 4.79 Å². The van der Waals surface area contributed by atoms with E-state index in [-0.39, 0.29) is 43.0 Å². The van der Waals surface area contributed by atoms with Crippen LogP contribution in [0.3, 0.4) is 0 Å². The van der Waals surface area contributed by atoms with Crippen molar-refractivity contribution in [3.8, 4) is 11.3 Å². The molecule has 38 heavy (non-hydrogen) atoms. The zero-order valence-corrected chi connectivity index (χ0v) is 27.1. The van der Waals surface area contributed by atoms with Crippen LogP contribution in [0.5, 0.6) is 0 Å². The van der Waals surface area contributed by atoms with Crippen molar-refractivity contribution in [2.45, 2.75) is 93.9 Å². The summed E-state index contributed by atoms with van der Waals surface area (Å²) in [5.41, 5.74) is 5.07. The number of carbonyl (C=O) groups excluding carboxylic acids is 1. The largest absolute Gasteiger partial charge is 0.512 e. The number of benzene rings is 2. The maximum atomic E-state index is 12.0. The molecule has 1 heterocycles. The van der Waals surface area contributed by atoms with Crippen molar-refractivity contribution < 1.29 is 31.4 Å². The number of rotatable bonds is 9. The summed E-state index contributed by atoms with van der Waals surface area (Å²) in [4.78, 5) is 16.5. The molecule has 0 saturated carbocycles. The van der Waals surface area contributed by atoms with E-state index in [1.165, 1.54) is 17.2 Å². The fourth-order valence-corrected chi connectivity index (χ4v) is 4.46. The molecule has 209 valence electrons. The third-order valence-corrected chi connectivity index (χ3v) is 7.64. The number of pyridine rings is 1. The third-order valence-electron chi connectivity index (χ3n) is 7.64. The van der Waals surface area contributed by atoms with E-state index in [1.54, 1.807) is 0 Å². The summed E-state index contributed by atoms with van der Waals surface area (Å²) in [5.74, 6) is 0.912. The minimum Gasteiger partial charge on any atom is -0.512 e. The van der Waals surface area contributed by atoms with E-state index in [0.29, 0.717) is 12.1 Å². The predicted molar refractivity (Wildman–Crippen MR) is 158 cm³/mol. The van der Waals surface area contributed by atoms with Gasteiger partial charge in [0.15, 0.2) is 5.78 Å². The van der Waals surface area contributed by atoms with Gasteiger partial charge in [-0.05, 0) is 59.7 Å². The van der Waals surface area contributed by atoms with Crippen molar-refractivity contribution in [1.29, 1.82) is 0 Å². The number of aliphatic hydroxyl groups excluding tert-OH is 1. The molecule has 0 amide bonds. The van der Waals surface area contributed by atoms with Gasteiger partial charge in [0.1, 0.15) is 0 Å². The number of nitrogens with zero attached hydrogens (tertiary/aromatic N) is 1. The molecule has 0 saturated heterocycles. The third kappa shape index (κ3) is 8.61. The Hall–Kier alpha value is -2.29. The summed E-state index contributed by atoms with van der Waals surface area (Å²) in [5, 5.41) is 12.0. The van der Waals surface area contributed by atoms with Gasteiger partial charge in [-0.25, -0.2) is 0 Å². The van der Waals surface area contributed by atoms with Crippen LogP contribution in [0.15, 0.2) is 54.4 Å². The van der Waals surface area contributed by atoms with E-state index in [1.807, 2.05) is 47.6 Å². The van der Waals surface area contributed by atoms with Gasteiger partial charge in [-0.15, -0.1) is 34.9 Å². The second-order valence-electron chi connectivity index (χ2n) is 10.7. The molecule has 0 fully saturated rings. The first kappa shape index (κ1) is 31.9. The van der Waals surface area contributed by atoms with Crippen LogP contribution in [0.4, 0.5) is 0 Å². The molecule has 0 aliphatic rings. The number of aryl methyl sites for hydroxylation is 2. The first-order valence-corrected chi connectivity index (χ1v) is 13.8. The zero-order valence-electron chi connectivity index (χ0n) is 25.7. The van der Waals surface area contributed by atoms with Gasteiger partial charge in [-0.1, -0.05) is 80.5 Å². The molecular weight excluding hydrogens is 647 g/mol. The fraction of sp³-hybridized carbons (Fsp3) is 0.471. The first-order valence-electron chi connectivity index (χ1n) is 14.3. The molecule has 3 rings (SSSR count). The molecule has 2 aromatic carbocycles. The van der Waals surface area contributed by atoms with Gasteiger partial charge < -0.3 is 10.1 Å². The molecule has 3 nitrogen and oxygen atoms in total. The average molecular weight is 694 g/mol. The molecule has 0 aliphatic heterocycles. The number of aliphatic hydroxyl groups is 1. The Bertz CT molecular complexity index is 1250. The zero-order chi connectivity index (χ0) is 28.6. The van der Waals surface area contributed by atoms with Crippen LogP contribution in [0.1, 0.15) is 98.1 Å². The summed E-state index contributed by atoms with van der Waals surface area (Å²) < 4.78 is 8.03. The van der Waals surface area contributed by atoms with Crippen molar-refractivity contribution in [3.63, 3.8) is 0 Å². The molecule has 4 heteroatoms. The van der Waals surface area contributed by atoms with Gasteiger partial charge >= 0.3 is 0 Å². The molecule has 1 N–H and O–H groups in total. The van der Waals surface area contributed by atoms with Crippen molar-refractivity contribution in [3.05, 3.63) is 77.2 Å². The Labute approximate surface area is 245 Å². The van der Waals surface area contributed by atoms with Crippen LogP contribution in [0.25, 0.3) is 22.0 Å². The average Bonchev–Trinajstić information content (AvgIpc) is 2.87. The van der Waals surface area contributed by atoms with E-state index in [2.05, 4.69) is 62.2 Å². The molecule has 1 radical (unpaired) electrons. The molecule has 0 aliphatic carbocycles. The topological polar surface area (TPSA) is 50.2 Å². The van der Waals surface area contributed by atoms with E-state index in [4.69, 9.17) is 1.37 Å². The maximum Gasteiger partial charge on any atom is 0.164 e. The Kier molecular flexibility index (Phi) is 12.9. The number of carbonyl (C=O) groups is 1.